The number of hydrogen-bond acceptors (Lipinski definition) is 8. The Hall–Kier alpha value is -4.11. The van der Waals surface area contributed by atoms with Crippen LogP contribution in [0.15, 0.2) is 76.2 Å². The molecule has 2 aromatic carbocycles. The number of hydrogen-bond donors (Lipinski definition) is 0. The van der Waals surface area contributed by atoms with Gasteiger partial charge in [0, 0.05) is 0 Å². The third kappa shape index (κ3) is 5.43. The minimum absolute atomic E-state index is 0.198. The molecule has 198 valence electrons. The molecule has 0 aliphatic carbocycles. The van der Waals surface area contributed by atoms with Crippen molar-refractivity contribution in [2.24, 2.45) is 4.99 Å². The Kier molecular flexibility index (Phi) is 8.48. The number of benzene rings is 2. The molecule has 9 heteroatoms. The van der Waals surface area contributed by atoms with Crippen molar-refractivity contribution in [1.82, 2.24) is 4.57 Å². The van der Waals surface area contributed by atoms with Crippen LogP contribution in [0.5, 0.6) is 17.2 Å². The SMILES string of the molecule is C=CCOc1cccc(/C=c2\sc3n(c2=O)[C@H](c2ccc(OC)c(OCC)c2)C(C(=O)OCC)=C(C)N=3)c1. The molecule has 0 bridgehead atoms. The molecular formula is C29H30N2O6S. The molecule has 1 aliphatic heterocycles. The molecule has 0 radical (unpaired) electrons. The lowest BCUT2D eigenvalue weighted by Crippen LogP contribution is -2.40. The monoisotopic (exact) mass is 534 g/mol. The van der Waals surface area contributed by atoms with Crippen LogP contribution >= 0.6 is 11.3 Å². The summed E-state index contributed by atoms with van der Waals surface area (Å²) in [7, 11) is 1.56. The molecule has 0 N–H and O–H groups in total. The summed E-state index contributed by atoms with van der Waals surface area (Å²) in [5.74, 6) is 1.23. The Labute approximate surface area is 224 Å². The van der Waals surface area contributed by atoms with E-state index < -0.39 is 12.0 Å². The van der Waals surface area contributed by atoms with E-state index in [0.717, 1.165) is 5.56 Å². The van der Waals surface area contributed by atoms with E-state index in [1.54, 1.807) is 49.8 Å². The maximum Gasteiger partial charge on any atom is 0.338 e. The van der Waals surface area contributed by atoms with E-state index in [4.69, 9.17) is 18.9 Å². The third-order valence-electron chi connectivity index (χ3n) is 5.84. The molecule has 1 aliphatic rings. The molecule has 0 spiro atoms. The molecule has 8 nitrogen and oxygen atoms in total. The average molecular weight is 535 g/mol. The van der Waals surface area contributed by atoms with Crippen LogP contribution in [0, 0.1) is 0 Å². The summed E-state index contributed by atoms with van der Waals surface area (Å²) in [6, 6.07) is 12.1. The molecular weight excluding hydrogens is 504 g/mol. The van der Waals surface area contributed by atoms with Crippen LogP contribution in [0.3, 0.4) is 0 Å². The van der Waals surface area contributed by atoms with Crippen molar-refractivity contribution in [3.63, 3.8) is 0 Å². The first kappa shape index (κ1) is 26.9. The highest BCUT2D eigenvalue weighted by Gasteiger charge is 2.34. The quantitative estimate of drug-likeness (QED) is 0.291. The molecule has 0 amide bonds. The van der Waals surface area contributed by atoms with Gasteiger partial charge in [0.15, 0.2) is 16.3 Å². The first-order valence-electron chi connectivity index (χ1n) is 12.3. The van der Waals surface area contributed by atoms with Gasteiger partial charge in [-0.15, -0.1) is 0 Å². The van der Waals surface area contributed by atoms with Crippen LogP contribution in [-0.4, -0.2) is 37.5 Å². The third-order valence-corrected chi connectivity index (χ3v) is 6.83. The van der Waals surface area contributed by atoms with E-state index in [9.17, 15) is 9.59 Å². The lowest BCUT2D eigenvalue weighted by Gasteiger charge is -2.25. The van der Waals surface area contributed by atoms with E-state index in [2.05, 4.69) is 11.6 Å². The standard InChI is InChI=1S/C29H30N2O6S/c1-6-14-37-21-11-9-10-19(15-21)16-24-27(32)31-26(20-12-13-22(34-5)23(17-20)35-7-2)25(28(33)36-8-3)18(4)30-29(31)38-24/h6,9-13,15-17,26H,1,7-8,14H2,2-5H3/b24-16-/t26-/m1/s1. The van der Waals surface area contributed by atoms with Crippen molar-refractivity contribution in [3.05, 3.63) is 97.2 Å². The Morgan fingerprint density at radius 2 is 1.95 bits per heavy atom. The number of aromatic nitrogens is 1. The molecule has 1 atom stereocenters. The Bertz CT molecular complexity index is 1570. The number of thiazole rings is 1. The zero-order chi connectivity index (χ0) is 27.2. The molecule has 3 aromatic rings. The predicted molar refractivity (Wildman–Crippen MR) is 147 cm³/mol. The largest absolute Gasteiger partial charge is 0.493 e. The topological polar surface area (TPSA) is 88.3 Å². The number of allylic oxidation sites excluding steroid dienone is 1. The lowest BCUT2D eigenvalue weighted by atomic mass is 9.95. The van der Waals surface area contributed by atoms with Gasteiger partial charge in [0.1, 0.15) is 12.4 Å². The van der Waals surface area contributed by atoms with E-state index in [1.165, 1.54) is 11.3 Å². The van der Waals surface area contributed by atoms with Crippen molar-refractivity contribution < 1.29 is 23.7 Å². The molecule has 4 rings (SSSR count). The second kappa shape index (κ2) is 12.0. The summed E-state index contributed by atoms with van der Waals surface area (Å²) in [5.41, 5.74) is 2.02. The second-order valence-electron chi connectivity index (χ2n) is 8.32. The van der Waals surface area contributed by atoms with Crippen molar-refractivity contribution >= 4 is 23.4 Å². The fourth-order valence-electron chi connectivity index (χ4n) is 4.24. The number of rotatable bonds is 10. The van der Waals surface area contributed by atoms with Crippen LogP contribution in [0.1, 0.15) is 37.9 Å². The van der Waals surface area contributed by atoms with Gasteiger partial charge in [-0.25, -0.2) is 9.79 Å². The number of ether oxygens (including phenoxy) is 4. The summed E-state index contributed by atoms with van der Waals surface area (Å²) in [5, 5.41) is 0. The lowest BCUT2D eigenvalue weighted by molar-refractivity contribution is -0.139. The van der Waals surface area contributed by atoms with Crippen molar-refractivity contribution in [1.29, 1.82) is 0 Å². The van der Waals surface area contributed by atoms with E-state index in [0.29, 0.717) is 56.6 Å². The first-order chi connectivity index (χ1) is 18.4. The van der Waals surface area contributed by atoms with Gasteiger partial charge in [0.05, 0.1) is 42.2 Å². The molecule has 1 aromatic heterocycles. The fourth-order valence-corrected chi connectivity index (χ4v) is 5.29. The fraction of sp³-hybridized carbons (Fsp3) is 0.276. The summed E-state index contributed by atoms with van der Waals surface area (Å²) in [6.07, 6.45) is 3.47. The minimum Gasteiger partial charge on any atom is -0.493 e. The van der Waals surface area contributed by atoms with Crippen LogP contribution in [0.4, 0.5) is 0 Å². The Morgan fingerprint density at radius 1 is 1.13 bits per heavy atom. The van der Waals surface area contributed by atoms with Gasteiger partial charge in [-0.1, -0.05) is 42.2 Å². The Balaban J connectivity index is 1.91. The van der Waals surface area contributed by atoms with Gasteiger partial charge < -0.3 is 18.9 Å². The van der Waals surface area contributed by atoms with Crippen LogP contribution in [0.2, 0.25) is 0 Å². The van der Waals surface area contributed by atoms with E-state index in [-0.39, 0.29) is 12.2 Å². The number of esters is 1. The van der Waals surface area contributed by atoms with Gasteiger partial charge in [0.2, 0.25) is 0 Å². The van der Waals surface area contributed by atoms with E-state index >= 15 is 0 Å². The number of carbonyl (C=O) groups excluding carboxylic acids is 1. The van der Waals surface area contributed by atoms with Gasteiger partial charge in [-0.05, 0) is 62.2 Å². The van der Waals surface area contributed by atoms with Gasteiger partial charge in [0.25, 0.3) is 5.56 Å². The Morgan fingerprint density at radius 3 is 2.66 bits per heavy atom. The number of carbonyl (C=O) groups is 1. The van der Waals surface area contributed by atoms with Crippen molar-refractivity contribution in [3.8, 4) is 17.2 Å². The number of methoxy groups -OCH3 is 1. The highest BCUT2D eigenvalue weighted by atomic mass is 32.1. The van der Waals surface area contributed by atoms with Crippen molar-refractivity contribution in [2.45, 2.75) is 26.8 Å². The second-order valence-corrected chi connectivity index (χ2v) is 9.33. The zero-order valence-corrected chi connectivity index (χ0v) is 22.7. The zero-order valence-electron chi connectivity index (χ0n) is 21.9. The minimum atomic E-state index is -0.750. The summed E-state index contributed by atoms with van der Waals surface area (Å²) < 4.78 is 24.2. The highest BCUT2D eigenvalue weighted by molar-refractivity contribution is 7.07. The number of fused-ring (bicyclic) bond motifs is 1. The van der Waals surface area contributed by atoms with Crippen LogP contribution in [-0.2, 0) is 9.53 Å². The van der Waals surface area contributed by atoms with Gasteiger partial charge in [-0.2, -0.15) is 0 Å². The maximum atomic E-state index is 13.8. The maximum absolute atomic E-state index is 13.8. The smallest absolute Gasteiger partial charge is 0.338 e. The molecule has 2 heterocycles. The average Bonchev–Trinajstić information content (AvgIpc) is 3.21. The van der Waals surface area contributed by atoms with Gasteiger partial charge >= 0.3 is 5.97 Å². The van der Waals surface area contributed by atoms with Crippen LogP contribution in [0.25, 0.3) is 6.08 Å². The van der Waals surface area contributed by atoms with Crippen LogP contribution < -0.4 is 29.1 Å². The highest BCUT2D eigenvalue weighted by Crippen LogP contribution is 2.36. The predicted octanol–water partition coefficient (Wildman–Crippen LogP) is 3.77. The molecule has 0 unspecified atom stereocenters. The van der Waals surface area contributed by atoms with Crippen molar-refractivity contribution in [2.75, 3.05) is 26.9 Å². The number of nitrogens with zero attached hydrogens (tertiary/aromatic N) is 2. The summed E-state index contributed by atoms with van der Waals surface area (Å²) in [4.78, 5) is 32.1. The molecule has 0 saturated carbocycles. The molecule has 0 fully saturated rings. The summed E-state index contributed by atoms with van der Waals surface area (Å²) in [6.45, 7) is 10.1. The summed E-state index contributed by atoms with van der Waals surface area (Å²) >= 11 is 1.26. The van der Waals surface area contributed by atoms with Gasteiger partial charge in [-0.3, -0.25) is 9.36 Å². The molecule has 0 saturated heterocycles. The first-order valence-corrected chi connectivity index (χ1v) is 13.1. The van der Waals surface area contributed by atoms with E-state index in [1.807, 2.05) is 37.3 Å². The normalized spacial score (nSPS) is 14.9. The molecule has 38 heavy (non-hydrogen) atoms.